The Morgan fingerprint density at radius 1 is 0.952 bits per heavy atom. The second-order valence-electron chi connectivity index (χ2n) is 4.51. The highest BCUT2D eigenvalue weighted by molar-refractivity contribution is 8.01. The smallest absolute Gasteiger partial charge is 0.157 e. The first-order chi connectivity index (χ1) is 10.3. The van der Waals surface area contributed by atoms with E-state index in [1.807, 2.05) is 42.5 Å². The van der Waals surface area contributed by atoms with Crippen LogP contribution in [0.1, 0.15) is 0 Å². The van der Waals surface area contributed by atoms with Crippen LogP contribution < -0.4 is 5.73 Å². The maximum Gasteiger partial charge on any atom is 0.157 e. The van der Waals surface area contributed by atoms with E-state index in [4.69, 9.17) is 5.73 Å². The van der Waals surface area contributed by atoms with Gasteiger partial charge in [-0.1, -0.05) is 12.1 Å². The fraction of sp³-hybridized carbons (Fsp3) is 0. The van der Waals surface area contributed by atoms with Crippen molar-refractivity contribution in [1.29, 1.82) is 0 Å². The van der Waals surface area contributed by atoms with Crippen molar-refractivity contribution in [2.24, 2.45) is 0 Å². The van der Waals surface area contributed by atoms with E-state index in [2.05, 4.69) is 15.0 Å². The Hall–Kier alpha value is -2.18. The van der Waals surface area contributed by atoms with E-state index < -0.39 is 0 Å². The van der Waals surface area contributed by atoms with Gasteiger partial charge in [0.05, 0.1) is 27.4 Å². The molecule has 0 saturated carbocycles. The zero-order valence-corrected chi connectivity index (χ0v) is 12.5. The number of anilines is 1. The second kappa shape index (κ2) is 4.98. The van der Waals surface area contributed by atoms with E-state index in [0.717, 1.165) is 36.3 Å². The van der Waals surface area contributed by atoms with Crippen molar-refractivity contribution in [2.45, 2.75) is 9.37 Å². The van der Waals surface area contributed by atoms with Gasteiger partial charge in [-0.15, -0.1) is 11.3 Å². The molecule has 4 nitrogen and oxygen atoms in total. The number of rotatable bonds is 2. The molecule has 0 aliphatic heterocycles. The van der Waals surface area contributed by atoms with Gasteiger partial charge in [0.1, 0.15) is 5.03 Å². The van der Waals surface area contributed by atoms with E-state index in [9.17, 15) is 0 Å². The van der Waals surface area contributed by atoms with E-state index in [0.29, 0.717) is 0 Å². The van der Waals surface area contributed by atoms with Gasteiger partial charge in [-0.2, -0.15) is 0 Å². The maximum atomic E-state index is 5.80. The minimum Gasteiger partial charge on any atom is -0.399 e. The van der Waals surface area contributed by atoms with E-state index in [-0.39, 0.29) is 0 Å². The summed E-state index contributed by atoms with van der Waals surface area (Å²) in [4.78, 5) is 13.6. The van der Waals surface area contributed by atoms with Crippen LogP contribution >= 0.6 is 23.1 Å². The van der Waals surface area contributed by atoms with Crippen LogP contribution in [0.3, 0.4) is 0 Å². The van der Waals surface area contributed by atoms with Gasteiger partial charge < -0.3 is 5.73 Å². The first kappa shape index (κ1) is 12.6. The standard InChI is InChI=1S/C15H10N4S2/c16-9-5-6-12-13(7-9)20-15(19-12)21-14-8-17-10-3-1-2-4-11(10)18-14/h1-8H,16H2. The normalized spacial score (nSPS) is 11.2. The summed E-state index contributed by atoms with van der Waals surface area (Å²) in [5.41, 5.74) is 9.32. The predicted molar refractivity (Wildman–Crippen MR) is 87.7 cm³/mol. The van der Waals surface area contributed by atoms with Crippen molar-refractivity contribution < 1.29 is 0 Å². The number of nitrogens with two attached hydrogens (primary N) is 1. The number of thiazole rings is 1. The van der Waals surface area contributed by atoms with Crippen molar-refractivity contribution in [3.05, 3.63) is 48.7 Å². The topological polar surface area (TPSA) is 64.7 Å². The largest absolute Gasteiger partial charge is 0.399 e. The SMILES string of the molecule is Nc1ccc2nc(Sc3cnc4ccccc4n3)sc2c1. The lowest BCUT2D eigenvalue weighted by Gasteiger charge is -1.99. The van der Waals surface area contributed by atoms with Gasteiger partial charge in [-0.05, 0) is 42.1 Å². The number of para-hydroxylation sites is 2. The summed E-state index contributed by atoms with van der Waals surface area (Å²) in [6.07, 6.45) is 1.79. The van der Waals surface area contributed by atoms with Crippen LogP contribution in [0.5, 0.6) is 0 Å². The van der Waals surface area contributed by atoms with Gasteiger partial charge >= 0.3 is 0 Å². The first-order valence-corrected chi connectivity index (χ1v) is 7.97. The van der Waals surface area contributed by atoms with E-state index in [1.54, 1.807) is 17.5 Å². The molecule has 4 aromatic rings. The van der Waals surface area contributed by atoms with E-state index in [1.165, 1.54) is 11.8 Å². The Morgan fingerprint density at radius 3 is 2.71 bits per heavy atom. The van der Waals surface area contributed by atoms with Gasteiger partial charge in [0.2, 0.25) is 0 Å². The molecule has 4 rings (SSSR count). The summed E-state index contributed by atoms with van der Waals surface area (Å²) in [5, 5.41) is 0.848. The number of benzene rings is 2. The molecule has 2 heterocycles. The summed E-state index contributed by atoms with van der Waals surface area (Å²) in [7, 11) is 0. The Bertz CT molecular complexity index is 949. The summed E-state index contributed by atoms with van der Waals surface area (Å²) in [6.45, 7) is 0. The molecular weight excluding hydrogens is 300 g/mol. The highest BCUT2D eigenvalue weighted by Gasteiger charge is 2.08. The summed E-state index contributed by atoms with van der Waals surface area (Å²) >= 11 is 3.14. The third kappa shape index (κ3) is 2.43. The molecule has 0 fully saturated rings. The van der Waals surface area contributed by atoms with Crippen LogP contribution in [0.4, 0.5) is 5.69 Å². The molecule has 6 heteroatoms. The predicted octanol–water partition coefficient (Wildman–Crippen LogP) is 3.97. The van der Waals surface area contributed by atoms with Crippen molar-refractivity contribution in [3.8, 4) is 0 Å². The van der Waals surface area contributed by atoms with Crippen molar-refractivity contribution in [3.63, 3.8) is 0 Å². The number of hydrogen-bond acceptors (Lipinski definition) is 6. The molecule has 0 aliphatic carbocycles. The molecule has 0 radical (unpaired) electrons. The van der Waals surface area contributed by atoms with Crippen molar-refractivity contribution in [1.82, 2.24) is 15.0 Å². The van der Waals surface area contributed by atoms with Gasteiger partial charge in [-0.3, -0.25) is 4.98 Å². The van der Waals surface area contributed by atoms with Crippen LogP contribution in [0, 0.1) is 0 Å². The van der Waals surface area contributed by atoms with Gasteiger partial charge in [0, 0.05) is 5.69 Å². The van der Waals surface area contributed by atoms with Crippen LogP contribution in [0.15, 0.2) is 58.0 Å². The van der Waals surface area contributed by atoms with Gasteiger partial charge in [0.15, 0.2) is 4.34 Å². The molecule has 21 heavy (non-hydrogen) atoms. The second-order valence-corrected chi connectivity index (χ2v) is 6.80. The molecule has 0 spiro atoms. The number of aromatic nitrogens is 3. The molecule has 0 saturated heterocycles. The lowest BCUT2D eigenvalue weighted by molar-refractivity contribution is 1.12. The number of fused-ring (bicyclic) bond motifs is 2. The lowest BCUT2D eigenvalue weighted by atomic mass is 10.3. The van der Waals surface area contributed by atoms with Crippen LogP contribution in [0.25, 0.3) is 21.3 Å². The number of nitrogens with zero attached hydrogens (tertiary/aromatic N) is 3. The minimum atomic E-state index is 0.758. The van der Waals surface area contributed by atoms with Gasteiger partial charge in [-0.25, -0.2) is 9.97 Å². The molecular formula is C15H10N4S2. The van der Waals surface area contributed by atoms with Crippen LogP contribution in [0.2, 0.25) is 0 Å². The average Bonchev–Trinajstić information content (AvgIpc) is 2.88. The maximum absolute atomic E-state index is 5.80. The molecule has 0 unspecified atom stereocenters. The third-order valence-corrected chi connectivity index (χ3v) is 5.00. The molecule has 0 amide bonds. The van der Waals surface area contributed by atoms with Crippen molar-refractivity contribution >= 4 is 50.0 Å². The molecule has 0 bridgehead atoms. The monoisotopic (exact) mass is 310 g/mol. The quantitative estimate of drug-likeness (QED) is 0.567. The lowest BCUT2D eigenvalue weighted by Crippen LogP contribution is -1.85. The molecule has 102 valence electrons. The average molecular weight is 310 g/mol. The molecule has 2 aromatic heterocycles. The summed E-state index contributed by atoms with van der Waals surface area (Å²) < 4.78 is 2.03. The fourth-order valence-corrected chi connectivity index (χ4v) is 4.05. The molecule has 2 N–H and O–H groups in total. The number of nitrogen functional groups attached to an aromatic ring is 1. The Balaban J connectivity index is 1.71. The molecule has 0 atom stereocenters. The highest BCUT2D eigenvalue weighted by atomic mass is 32.2. The Morgan fingerprint density at radius 2 is 1.81 bits per heavy atom. The zero-order chi connectivity index (χ0) is 14.2. The van der Waals surface area contributed by atoms with Crippen LogP contribution in [-0.4, -0.2) is 15.0 Å². The molecule has 2 aromatic carbocycles. The fourth-order valence-electron chi connectivity index (χ4n) is 2.04. The number of hydrogen-bond donors (Lipinski definition) is 1. The Kier molecular flexibility index (Phi) is 2.98. The summed E-state index contributed by atoms with van der Waals surface area (Å²) in [5.74, 6) is 0. The first-order valence-electron chi connectivity index (χ1n) is 6.34. The van der Waals surface area contributed by atoms with Gasteiger partial charge in [0.25, 0.3) is 0 Å². The zero-order valence-electron chi connectivity index (χ0n) is 10.9. The van der Waals surface area contributed by atoms with E-state index >= 15 is 0 Å². The molecule has 0 aliphatic rings. The minimum absolute atomic E-state index is 0.758. The third-order valence-electron chi connectivity index (χ3n) is 3.01. The Labute approximate surface area is 129 Å². The summed E-state index contributed by atoms with van der Waals surface area (Å²) in [6, 6.07) is 13.6. The van der Waals surface area contributed by atoms with Crippen LogP contribution in [-0.2, 0) is 0 Å². The highest BCUT2D eigenvalue weighted by Crippen LogP contribution is 2.34. The van der Waals surface area contributed by atoms with Crippen molar-refractivity contribution in [2.75, 3.05) is 5.73 Å².